The van der Waals surface area contributed by atoms with Crippen LogP contribution < -0.4 is 15.4 Å². The van der Waals surface area contributed by atoms with Crippen molar-refractivity contribution < 1.29 is 9.13 Å². The maximum atomic E-state index is 15.0. The second kappa shape index (κ2) is 12.9. The van der Waals surface area contributed by atoms with Gasteiger partial charge in [-0.25, -0.2) is 9.37 Å². The molecule has 2 aromatic heterocycles. The summed E-state index contributed by atoms with van der Waals surface area (Å²) in [5, 5.41) is 9.43. The van der Waals surface area contributed by atoms with Gasteiger partial charge >= 0.3 is 0 Å². The molecular weight excluding hydrogens is 546 g/mol. The fraction of sp³-hybridized carbons (Fsp3) is 0.370. The van der Waals surface area contributed by atoms with Crippen LogP contribution in [0.5, 0.6) is 5.75 Å². The number of pyridine rings is 2. The van der Waals surface area contributed by atoms with Crippen LogP contribution in [-0.4, -0.2) is 47.8 Å². The molecule has 11 heteroatoms. The lowest BCUT2D eigenvalue weighted by atomic mass is 9.82. The molecule has 204 valence electrons. The summed E-state index contributed by atoms with van der Waals surface area (Å²) in [5.74, 6) is 0.271. The minimum atomic E-state index is -0.477. The van der Waals surface area contributed by atoms with Gasteiger partial charge in [0.25, 0.3) is 0 Å². The monoisotopic (exact) mass is 578 g/mol. The highest BCUT2D eigenvalue weighted by atomic mass is 35.5. The smallest absolute Gasteiger partial charge is 0.166 e. The number of anilines is 2. The molecule has 1 aliphatic heterocycles. The number of aromatic nitrogens is 2. The Labute approximate surface area is 236 Å². The first-order valence-corrected chi connectivity index (χ1v) is 14.9. The standard InChI is InChI=1S/C25H27Cl2FN6OS.C2H6/c1-25(12-33-36(2)3)13-34(14-25)24-21(28)6-15(8-32-24)23(30)17-7-16(4-5-22(17)29)35-11-18-19(26)9-31-10-20(18)27;1-2/h4-10,30H,11-14,29H2,1-3H3;1-2H3. The Morgan fingerprint density at radius 1 is 1.18 bits per heavy atom. The van der Waals surface area contributed by atoms with Crippen molar-refractivity contribution in [2.75, 3.05) is 42.8 Å². The van der Waals surface area contributed by atoms with Crippen molar-refractivity contribution in [2.24, 2.45) is 9.78 Å². The zero-order chi connectivity index (χ0) is 28.0. The first-order valence-electron chi connectivity index (χ1n) is 12.1. The average Bonchev–Trinajstić information content (AvgIpc) is 2.87. The molecule has 0 bridgehead atoms. The van der Waals surface area contributed by atoms with Crippen molar-refractivity contribution in [1.29, 1.82) is 5.41 Å². The van der Waals surface area contributed by atoms with Gasteiger partial charge in [-0.05, 0) is 36.8 Å². The first kappa shape index (κ1) is 29.8. The van der Waals surface area contributed by atoms with Gasteiger partial charge in [-0.2, -0.15) is 0 Å². The third-order valence-electron chi connectivity index (χ3n) is 5.89. The fourth-order valence-corrected chi connectivity index (χ4v) is 4.98. The second-order valence-electron chi connectivity index (χ2n) is 9.25. The number of nitrogens with one attached hydrogen (secondary N) is 1. The van der Waals surface area contributed by atoms with E-state index < -0.39 is 5.82 Å². The predicted molar refractivity (Wildman–Crippen MR) is 158 cm³/mol. The van der Waals surface area contributed by atoms with Gasteiger partial charge in [0.1, 0.15) is 12.4 Å². The summed E-state index contributed by atoms with van der Waals surface area (Å²) in [4.78, 5) is 10.2. The zero-order valence-electron chi connectivity index (χ0n) is 22.2. The summed E-state index contributed by atoms with van der Waals surface area (Å²) in [7, 11) is 0.0259. The molecule has 1 fully saturated rings. The molecule has 1 aliphatic rings. The molecule has 1 saturated heterocycles. The van der Waals surface area contributed by atoms with Crippen LogP contribution in [0.15, 0.2) is 47.2 Å². The number of hydrogen-bond acceptors (Lipinski definition) is 7. The Bertz CT molecular complexity index is 1320. The van der Waals surface area contributed by atoms with Gasteiger partial charge in [0.15, 0.2) is 11.6 Å². The molecule has 38 heavy (non-hydrogen) atoms. The number of hydrogen-bond donors (Lipinski definition) is 2. The number of halogens is 3. The summed E-state index contributed by atoms with van der Waals surface area (Å²) in [6.45, 7) is 8.39. The molecule has 3 aromatic rings. The summed E-state index contributed by atoms with van der Waals surface area (Å²) in [6.07, 6.45) is 8.64. The van der Waals surface area contributed by atoms with E-state index in [1.54, 1.807) is 18.2 Å². The van der Waals surface area contributed by atoms with Gasteiger partial charge in [-0.3, -0.25) is 14.8 Å². The normalized spacial score (nSPS) is 13.9. The third kappa shape index (κ3) is 7.01. The highest BCUT2D eigenvalue weighted by molar-refractivity contribution is 7.85. The predicted octanol–water partition coefficient (Wildman–Crippen LogP) is 6.41. The van der Waals surface area contributed by atoms with Gasteiger partial charge < -0.3 is 15.4 Å². The van der Waals surface area contributed by atoms with Crippen LogP contribution in [0.4, 0.5) is 15.9 Å². The summed E-state index contributed by atoms with van der Waals surface area (Å²) < 4.78 is 25.5. The first-order chi connectivity index (χ1) is 18.1. The minimum Gasteiger partial charge on any atom is -0.489 e. The van der Waals surface area contributed by atoms with E-state index in [9.17, 15) is 0 Å². The van der Waals surface area contributed by atoms with E-state index in [2.05, 4.69) is 33.8 Å². The number of ether oxygens (including phenoxy) is 1. The van der Waals surface area contributed by atoms with Crippen LogP contribution in [0.25, 0.3) is 0 Å². The van der Waals surface area contributed by atoms with Gasteiger partial charge in [0.05, 0.1) is 22.3 Å². The van der Waals surface area contributed by atoms with E-state index in [0.717, 1.165) is 6.54 Å². The minimum absolute atomic E-state index is 0.0242. The molecule has 0 aliphatic carbocycles. The van der Waals surface area contributed by atoms with Crippen molar-refractivity contribution in [3.63, 3.8) is 0 Å². The maximum Gasteiger partial charge on any atom is 0.166 e. The average molecular weight is 580 g/mol. The molecule has 0 spiro atoms. The Balaban J connectivity index is 0.00000195. The van der Waals surface area contributed by atoms with E-state index >= 15 is 4.39 Å². The third-order valence-corrected chi connectivity index (χ3v) is 7.19. The molecule has 4 rings (SSSR count). The Morgan fingerprint density at radius 3 is 2.45 bits per heavy atom. The van der Waals surface area contributed by atoms with Gasteiger partial charge in [-0.1, -0.05) is 44.0 Å². The largest absolute Gasteiger partial charge is 0.489 e. The van der Waals surface area contributed by atoms with E-state index in [1.807, 2.05) is 18.7 Å². The van der Waals surface area contributed by atoms with Gasteiger partial charge in [-0.15, -0.1) is 10.7 Å². The van der Waals surface area contributed by atoms with E-state index in [0.29, 0.717) is 51.3 Å². The Kier molecular flexibility index (Phi) is 10.1. The van der Waals surface area contributed by atoms with Crippen molar-refractivity contribution >= 4 is 51.1 Å². The van der Waals surface area contributed by atoms with E-state index in [4.69, 9.17) is 39.1 Å². The Hall–Kier alpha value is -2.75. The number of nitrogen functional groups attached to an aromatic ring is 1. The summed E-state index contributed by atoms with van der Waals surface area (Å²) >= 11 is 12.3. The molecule has 0 radical (unpaired) electrons. The maximum absolute atomic E-state index is 15.0. The number of nitrogens with two attached hydrogens (primary N) is 1. The molecule has 0 saturated carbocycles. The number of benzene rings is 1. The van der Waals surface area contributed by atoms with Crippen LogP contribution in [0.2, 0.25) is 10.0 Å². The van der Waals surface area contributed by atoms with Crippen molar-refractivity contribution in [3.05, 3.63) is 75.4 Å². The number of rotatable bonds is 8. The SMILES string of the molecule is CC.CS(C)=NCC1(C)CN(c2ncc(C(=N)c3cc(OCc4c(Cl)cncc4Cl)ccc3N)cc2F)C1. The molecule has 7 nitrogen and oxygen atoms in total. The van der Waals surface area contributed by atoms with Crippen LogP contribution in [0, 0.1) is 16.6 Å². The van der Waals surface area contributed by atoms with Crippen LogP contribution in [-0.2, 0) is 17.3 Å². The topological polar surface area (TPSA) is 100 Å². The van der Waals surface area contributed by atoms with Crippen molar-refractivity contribution in [2.45, 2.75) is 27.4 Å². The van der Waals surface area contributed by atoms with E-state index in [1.165, 1.54) is 24.7 Å². The quantitative estimate of drug-likeness (QED) is 0.237. The van der Waals surface area contributed by atoms with Crippen LogP contribution in [0.3, 0.4) is 0 Å². The highest BCUT2D eigenvalue weighted by Crippen LogP contribution is 2.35. The number of nitrogens with zero attached hydrogens (tertiary/aromatic N) is 4. The van der Waals surface area contributed by atoms with Gasteiger partial charge in [0.2, 0.25) is 0 Å². The molecule has 3 heterocycles. The molecule has 1 aromatic carbocycles. The van der Waals surface area contributed by atoms with E-state index in [-0.39, 0.29) is 34.2 Å². The van der Waals surface area contributed by atoms with Crippen LogP contribution in [0.1, 0.15) is 37.5 Å². The zero-order valence-corrected chi connectivity index (χ0v) is 24.5. The Morgan fingerprint density at radius 2 is 1.84 bits per heavy atom. The lowest BCUT2D eigenvalue weighted by Gasteiger charge is -2.48. The molecule has 0 unspecified atom stereocenters. The molecule has 0 atom stereocenters. The fourth-order valence-electron chi connectivity index (χ4n) is 3.94. The molecule has 3 N–H and O–H groups in total. The summed E-state index contributed by atoms with van der Waals surface area (Å²) in [5.41, 5.74) is 7.89. The van der Waals surface area contributed by atoms with Gasteiger partial charge in [0, 0.05) is 59.5 Å². The second-order valence-corrected chi connectivity index (χ2v) is 11.9. The lowest BCUT2D eigenvalue weighted by Crippen LogP contribution is -2.57. The lowest BCUT2D eigenvalue weighted by molar-refractivity contribution is 0.252. The highest BCUT2D eigenvalue weighted by Gasteiger charge is 2.40. The van der Waals surface area contributed by atoms with Crippen molar-refractivity contribution in [1.82, 2.24) is 9.97 Å². The molecular formula is C27H33Cl2FN6OS. The van der Waals surface area contributed by atoms with Crippen LogP contribution >= 0.6 is 23.2 Å². The van der Waals surface area contributed by atoms with Crippen molar-refractivity contribution in [3.8, 4) is 5.75 Å². The summed E-state index contributed by atoms with van der Waals surface area (Å²) in [6, 6.07) is 6.27. The molecule has 0 amide bonds.